The van der Waals surface area contributed by atoms with Gasteiger partial charge < -0.3 is 10.2 Å². The van der Waals surface area contributed by atoms with Crippen LogP contribution < -0.4 is 5.32 Å². The smallest absolute Gasteiger partial charge is 0.0108 e. The Bertz CT molecular complexity index is 252. The first-order valence-corrected chi connectivity index (χ1v) is 9.00. The van der Waals surface area contributed by atoms with Crippen molar-refractivity contribution in [2.45, 2.75) is 79.3 Å². The monoisotopic (exact) mass is 282 g/mol. The van der Waals surface area contributed by atoms with Crippen molar-refractivity contribution in [2.75, 3.05) is 19.6 Å². The van der Waals surface area contributed by atoms with E-state index in [0.29, 0.717) is 0 Å². The van der Waals surface area contributed by atoms with Crippen LogP contribution in [0.3, 0.4) is 0 Å². The molecule has 20 heavy (non-hydrogen) atoms. The molecule has 4 unspecified atom stereocenters. The van der Waals surface area contributed by atoms with Crippen LogP contribution in [-0.2, 0) is 0 Å². The molecule has 1 aliphatic rings. The average molecular weight is 283 g/mol. The summed E-state index contributed by atoms with van der Waals surface area (Å²) in [7, 11) is 0. The maximum absolute atomic E-state index is 3.75. The fraction of sp³-hybridized carbons (Fsp3) is 1.00. The first-order valence-electron chi connectivity index (χ1n) is 9.00. The largest absolute Gasteiger partial charge is 0.314 e. The fourth-order valence-corrected chi connectivity index (χ4v) is 3.82. The molecule has 1 saturated carbocycles. The summed E-state index contributed by atoms with van der Waals surface area (Å²) >= 11 is 0. The van der Waals surface area contributed by atoms with Crippen LogP contribution in [0, 0.1) is 17.8 Å². The van der Waals surface area contributed by atoms with E-state index in [1.807, 2.05) is 0 Å². The normalized spacial score (nSPS) is 29.1. The molecule has 1 aliphatic carbocycles. The highest BCUT2D eigenvalue weighted by Gasteiger charge is 2.32. The zero-order chi connectivity index (χ0) is 15.1. The summed E-state index contributed by atoms with van der Waals surface area (Å²) in [6.07, 6.45) is 5.48. The molecule has 0 spiro atoms. The Balaban J connectivity index is 2.67. The number of rotatable bonds is 8. The van der Waals surface area contributed by atoms with Gasteiger partial charge in [-0.15, -0.1) is 0 Å². The van der Waals surface area contributed by atoms with Gasteiger partial charge in [0.1, 0.15) is 0 Å². The Morgan fingerprint density at radius 2 is 1.80 bits per heavy atom. The lowest BCUT2D eigenvalue weighted by atomic mass is 9.73. The number of hydrogen-bond acceptors (Lipinski definition) is 2. The Hall–Kier alpha value is -0.0800. The summed E-state index contributed by atoms with van der Waals surface area (Å²) in [5.41, 5.74) is 0. The summed E-state index contributed by atoms with van der Waals surface area (Å²) < 4.78 is 0. The lowest BCUT2D eigenvalue weighted by molar-refractivity contribution is 0.104. The molecule has 2 heteroatoms. The quantitative estimate of drug-likeness (QED) is 0.719. The van der Waals surface area contributed by atoms with E-state index >= 15 is 0 Å². The van der Waals surface area contributed by atoms with Gasteiger partial charge >= 0.3 is 0 Å². The third-order valence-corrected chi connectivity index (χ3v) is 5.52. The lowest BCUT2D eigenvalue weighted by Gasteiger charge is -2.41. The van der Waals surface area contributed by atoms with Crippen molar-refractivity contribution in [1.82, 2.24) is 10.2 Å². The summed E-state index contributed by atoms with van der Waals surface area (Å²) in [6, 6.07) is 1.47. The molecule has 1 fully saturated rings. The van der Waals surface area contributed by atoms with Crippen molar-refractivity contribution in [3.63, 3.8) is 0 Å². The Morgan fingerprint density at radius 1 is 1.10 bits per heavy atom. The van der Waals surface area contributed by atoms with Crippen LogP contribution in [-0.4, -0.2) is 36.6 Å². The van der Waals surface area contributed by atoms with Gasteiger partial charge in [-0.05, 0) is 63.5 Å². The van der Waals surface area contributed by atoms with Crippen molar-refractivity contribution in [1.29, 1.82) is 0 Å². The van der Waals surface area contributed by atoms with Crippen LogP contribution in [0.1, 0.15) is 67.2 Å². The minimum absolute atomic E-state index is 0.724. The van der Waals surface area contributed by atoms with Gasteiger partial charge in [0, 0.05) is 18.6 Å². The minimum Gasteiger partial charge on any atom is -0.314 e. The first-order chi connectivity index (χ1) is 9.53. The SMILES string of the molecule is CCNC1CCC(C(C)C)CC1CN(CC)C(C)CC. The highest BCUT2D eigenvalue weighted by molar-refractivity contribution is 4.88. The van der Waals surface area contributed by atoms with Gasteiger partial charge in [-0.2, -0.15) is 0 Å². The van der Waals surface area contributed by atoms with E-state index in [-0.39, 0.29) is 0 Å². The number of nitrogens with zero attached hydrogens (tertiary/aromatic N) is 1. The van der Waals surface area contributed by atoms with Gasteiger partial charge in [0.05, 0.1) is 0 Å². The molecule has 1 N–H and O–H groups in total. The molecule has 1 rings (SSSR count). The van der Waals surface area contributed by atoms with E-state index in [0.717, 1.165) is 36.4 Å². The molecular weight excluding hydrogens is 244 g/mol. The number of hydrogen-bond donors (Lipinski definition) is 1. The predicted molar refractivity (Wildman–Crippen MR) is 90.1 cm³/mol. The molecule has 0 aromatic carbocycles. The molecule has 2 nitrogen and oxygen atoms in total. The Morgan fingerprint density at radius 3 is 2.30 bits per heavy atom. The third kappa shape index (κ3) is 5.04. The summed E-state index contributed by atoms with van der Waals surface area (Å²) in [5.74, 6) is 2.62. The summed E-state index contributed by atoms with van der Waals surface area (Å²) in [5, 5.41) is 3.75. The Labute approximate surface area is 127 Å². The van der Waals surface area contributed by atoms with Gasteiger partial charge in [-0.3, -0.25) is 0 Å². The average Bonchev–Trinajstić information content (AvgIpc) is 2.45. The molecule has 120 valence electrons. The van der Waals surface area contributed by atoms with Gasteiger partial charge in [0.2, 0.25) is 0 Å². The molecule has 0 aromatic rings. The predicted octanol–water partition coefficient (Wildman–Crippen LogP) is 4.16. The second-order valence-electron chi connectivity index (χ2n) is 7.09. The van der Waals surface area contributed by atoms with E-state index in [4.69, 9.17) is 0 Å². The maximum Gasteiger partial charge on any atom is 0.0108 e. The highest BCUT2D eigenvalue weighted by Crippen LogP contribution is 2.34. The number of nitrogens with one attached hydrogen (secondary N) is 1. The lowest BCUT2D eigenvalue weighted by Crippen LogP contribution is -2.48. The fourth-order valence-electron chi connectivity index (χ4n) is 3.82. The topological polar surface area (TPSA) is 15.3 Å². The standard InChI is InChI=1S/C18H38N2/c1-7-15(6)20(9-3)13-17-12-16(14(4)5)10-11-18(17)19-8-2/h14-19H,7-13H2,1-6H3. The van der Waals surface area contributed by atoms with E-state index in [9.17, 15) is 0 Å². The summed E-state index contributed by atoms with van der Waals surface area (Å²) in [6.45, 7) is 17.7. The van der Waals surface area contributed by atoms with E-state index in [2.05, 4.69) is 51.8 Å². The molecule has 0 radical (unpaired) electrons. The highest BCUT2D eigenvalue weighted by atomic mass is 15.1. The van der Waals surface area contributed by atoms with E-state index < -0.39 is 0 Å². The van der Waals surface area contributed by atoms with Crippen LogP contribution in [0.2, 0.25) is 0 Å². The maximum atomic E-state index is 3.75. The minimum atomic E-state index is 0.724. The van der Waals surface area contributed by atoms with Crippen molar-refractivity contribution in [3.05, 3.63) is 0 Å². The van der Waals surface area contributed by atoms with Gasteiger partial charge in [-0.1, -0.05) is 34.6 Å². The van der Waals surface area contributed by atoms with Crippen LogP contribution in [0.4, 0.5) is 0 Å². The van der Waals surface area contributed by atoms with Crippen LogP contribution in [0.5, 0.6) is 0 Å². The van der Waals surface area contributed by atoms with Crippen LogP contribution >= 0.6 is 0 Å². The van der Waals surface area contributed by atoms with Crippen LogP contribution in [0.15, 0.2) is 0 Å². The van der Waals surface area contributed by atoms with Gasteiger partial charge in [0.15, 0.2) is 0 Å². The summed E-state index contributed by atoms with van der Waals surface area (Å²) in [4.78, 5) is 2.69. The molecule has 0 aliphatic heterocycles. The molecular formula is C18H38N2. The zero-order valence-electron chi connectivity index (χ0n) is 14.8. The van der Waals surface area contributed by atoms with E-state index in [1.165, 1.54) is 38.8 Å². The Kier molecular flexibility index (Phi) is 8.13. The van der Waals surface area contributed by atoms with Crippen LogP contribution in [0.25, 0.3) is 0 Å². The molecule has 0 bridgehead atoms. The van der Waals surface area contributed by atoms with Crippen molar-refractivity contribution < 1.29 is 0 Å². The van der Waals surface area contributed by atoms with Gasteiger partial charge in [-0.25, -0.2) is 0 Å². The second-order valence-corrected chi connectivity index (χ2v) is 7.09. The molecule has 4 atom stereocenters. The van der Waals surface area contributed by atoms with Crippen molar-refractivity contribution in [3.8, 4) is 0 Å². The van der Waals surface area contributed by atoms with Crippen molar-refractivity contribution in [2.24, 2.45) is 17.8 Å². The van der Waals surface area contributed by atoms with Crippen molar-refractivity contribution >= 4 is 0 Å². The second kappa shape index (κ2) is 9.04. The van der Waals surface area contributed by atoms with E-state index in [1.54, 1.807) is 0 Å². The first kappa shape index (κ1) is 18.0. The third-order valence-electron chi connectivity index (χ3n) is 5.52. The molecule has 0 heterocycles. The molecule has 0 saturated heterocycles. The molecule has 0 amide bonds. The molecule has 0 aromatic heterocycles. The van der Waals surface area contributed by atoms with Gasteiger partial charge in [0.25, 0.3) is 0 Å². The zero-order valence-corrected chi connectivity index (χ0v) is 14.8.